The number of hydrogen-bond acceptors (Lipinski definition) is 1. The molecule has 1 unspecified atom stereocenters. The van der Waals surface area contributed by atoms with E-state index in [1.165, 1.54) is 17.2 Å². The zero-order valence-electron chi connectivity index (χ0n) is 11.3. The van der Waals surface area contributed by atoms with Gasteiger partial charge in [0.1, 0.15) is 5.82 Å². The van der Waals surface area contributed by atoms with E-state index in [9.17, 15) is 4.39 Å². The van der Waals surface area contributed by atoms with E-state index in [-0.39, 0.29) is 5.82 Å². The normalized spacial score (nSPS) is 12.4. The fourth-order valence-electron chi connectivity index (χ4n) is 2.39. The highest BCUT2D eigenvalue weighted by Crippen LogP contribution is 2.17. The average molecular weight is 257 g/mol. The Morgan fingerprint density at radius 2 is 1.84 bits per heavy atom. The van der Waals surface area contributed by atoms with Gasteiger partial charge >= 0.3 is 0 Å². The van der Waals surface area contributed by atoms with Crippen molar-refractivity contribution in [2.24, 2.45) is 11.7 Å². The Labute approximate surface area is 114 Å². The summed E-state index contributed by atoms with van der Waals surface area (Å²) in [5.41, 5.74) is 9.50. The first-order valence-corrected chi connectivity index (χ1v) is 6.68. The molecular weight excluding hydrogens is 237 g/mol. The molecule has 2 aromatic carbocycles. The molecule has 0 bridgehead atoms. The van der Waals surface area contributed by atoms with Crippen LogP contribution in [0.5, 0.6) is 0 Å². The molecule has 2 aromatic rings. The van der Waals surface area contributed by atoms with E-state index in [1.807, 2.05) is 12.1 Å². The van der Waals surface area contributed by atoms with Crippen molar-refractivity contribution < 1.29 is 4.39 Å². The van der Waals surface area contributed by atoms with Crippen molar-refractivity contribution in [2.75, 3.05) is 6.54 Å². The molecular formula is C17H20FN. The van der Waals surface area contributed by atoms with Gasteiger partial charge in [0.15, 0.2) is 0 Å². The van der Waals surface area contributed by atoms with Crippen LogP contribution in [0.25, 0.3) is 0 Å². The Balaban J connectivity index is 2.07. The predicted molar refractivity (Wildman–Crippen MR) is 77.5 cm³/mol. The van der Waals surface area contributed by atoms with Gasteiger partial charge in [-0.25, -0.2) is 4.39 Å². The van der Waals surface area contributed by atoms with Crippen molar-refractivity contribution in [2.45, 2.75) is 19.8 Å². The second-order valence-electron chi connectivity index (χ2n) is 5.07. The molecule has 0 aliphatic heterocycles. The first kappa shape index (κ1) is 13.8. The topological polar surface area (TPSA) is 26.0 Å². The number of aryl methyl sites for hydroxylation is 1. The van der Waals surface area contributed by atoms with Gasteiger partial charge < -0.3 is 5.73 Å². The molecule has 0 spiro atoms. The fourth-order valence-corrected chi connectivity index (χ4v) is 2.39. The van der Waals surface area contributed by atoms with Crippen LogP contribution in [0.15, 0.2) is 48.5 Å². The molecule has 0 fully saturated rings. The van der Waals surface area contributed by atoms with Gasteiger partial charge in [0.2, 0.25) is 0 Å². The molecule has 0 aliphatic rings. The summed E-state index contributed by atoms with van der Waals surface area (Å²) in [6.07, 6.45) is 1.77. The van der Waals surface area contributed by atoms with Gasteiger partial charge in [-0.3, -0.25) is 0 Å². The van der Waals surface area contributed by atoms with Crippen LogP contribution < -0.4 is 5.73 Å². The first-order chi connectivity index (χ1) is 9.19. The van der Waals surface area contributed by atoms with Gasteiger partial charge in [0.25, 0.3) is 0 Å². The summed E-state index contributed by atoms with van der Waals surface area (Å²) in [6, 6.07) is 15.1. The van der Waals surface area contributed by atoms with Crippen molar-refractivity contribution in [1.82, 2.24) is 0 Å². The Bertz CT molecular complexity index is 536. The maximum atomic E-state index is 13.2. The number of hydrogen-bond donors (Lipinski definition) is 1. The minimum Gasteiger partial charge on any atom is -0.330 e. The Morgan fingerprint density at radius 1 is 1.05 bits per heavy atom. The summed E-state index contributed by atoms with van der Waals surface area (Å²) in [5, 5.41) is 0. The Morgan fingerprint density at radius 3 is 2.53 bits per heavy atom. The lowest BCUT2D eigenvalue weighted by Crippen LogP contribution is -2.19. The first-order valence-electron chi connectivity index (χ1n) is 6.68. The molecule has 0 aliphatic carbocycles. The van der Waals surface area contributed by atoms with Crippen LogP contribution in [-0.2, 0) is 12.8 Å². The molecule has 2 rings (SSSR count). The van der Waals surface area contributed by atoms with Gasteiger partial charge in [-0.05, 0) is 61.1 Å². The third-order valence-corrected chi connectivity index (χ3v) is 3.52. The van der Waals surface area contributed by atoms with Crippen molar-refractivity contribution in [1.29, 1.82) is 0 Å². The van der Waals surface area contributed by atoms with E-state index in [0.717, 1.165) is 18.4 Å². The number of nitrogens with two attached hydrogens (primary N) is 1. The second kappa shape index (κ2) is 6.48. The quantitative estimate of drug-likeness (QED) is 0.871. The van der Waals surface area contributed by atoms with Crippen LogP contribution >= 0.6 is 0 Å². The van der Waals surface area contributed by atoms with Crippen LogP contribution in [0.4, 0.5) is 4.39 Å². The highest BCUT2D eigenvalue weighted by Gasteiger charge is 2.10. The molecule has 2 N–H and O–H groups in total. The molecule has 100 valence electrons. The minimum absolute atomic E-state index is 0.177. The van der Waals surface area contributed by atoms with Crippen LogP contribution in [0.3, 0.4) is 0 Å². The smallest absolute Gasteiger partial charge is 0.123 e. The lowest BCUT2D eigenvalue weighted by molar-refractivity contribution is 0.529. The standard InChI is InChI=1S/C17H20FN/c1-13-5-2-3-7-16(13)10-15(12-19)9-14-6-4-8-17(18)11-14/h2-8,11,15H,9-10,12,19H2,1H3. The third-order valence-electron chi connectivity index (χ3n) is 3.52. The molecule has 0 radical (unpaired) electrons. The minimum atomic E-state index is -0.177. The zero-order valence-corrected chi connectivity index (χ0v) is 11.3. The van der Waals surface area contributed by atoms with Gasteiger partial charge in [-0.2, -0.15) is 0 Å². The van der Waals surface area contributed by atoms with Crippen molar-refractivity contribution >= 4 is 0 Å². The molecule has 1 atom stereocenters. The van der Waals surface area contributed by atoms with Gasteiger partial charge in [0.05, 0.1) is 0 Å². The van der Waals surface area contributed by atoms with E-state index < -0.39 is 0 Å². The number of rotatable bonds is 5. The molecule has 0 saturated heterocycles. The van der Waals surface area contributed by atoms with Crippen molar-refractivity contribution in [3.05, 3.63) is 71.0 Å². The van der Waals surface area contributed by atoms with E-state index in [2.05, 4.69) is 25.1 Å². The number of benzene rings is 2. The summed E-state index contributed by atoms with van der Waals surface area (Å²) in [5.74, 6) is 0.173. The molecule has 0 amide bonds. The third kappa shape index (κ3) is 3.90. The SMILES string of the molecule is Cc1ccccc1CC(CN)Cc1cccc(F)c1. The van der Waals surface area contributed by atoms with Crippen LogP contribution in [0.2, 0.25) is 0 Å². The van der Waals surface area contributed by atoms with Crippen LogP contribution in [0.1, 0.15) is 16.7 Å². The summed E-state index contributed by atoms with van der Waals surface area (Å²) in [7, 11) is 0. The van der Waals surface area contributed by atoms with Crippen molar-refractivity contribution in [3.8, 4) is 0 Å². The van der Waals surface area contributed by atoms with Crippen LogP contribution in [-0.4, -0.2) is 6.54 Å². The molecule has 0 saturated carbocycles. The Hall–Kier alpha value is -1.67. The maximum Gasteiger partial charge on any atom is 0.123 e. The van der Waals surface area contributed by atoms with Crippen LogP contribution in [0, 0.1) is 18.7 Å². The predicted octanol–water partition coefficient (Wildman–Crippen LogP) is 3.49. The molecule has 0 aromatic heterocycles. The summed E-state index contributed by atoms with van der Waals surface area (Å²) < 4.78 is 13.2. The van der Waals surface area contributed by atoms with E-state index in [4.69, 9.17) is 5.73 Å². The summed E-state index contributed by atoms with van der Waals surface area (Å²) in [4.78, 5) is 0. The summed E-state index contributed by atoms with van der Waals surface area (Å²) in [6.45, 7) is 2.73. The van der Waals surface area contributed by atoms with Gasteiger partial charge in [-0.15, -0.1) is 0 Å². The number of halogens is 1. The van der Waals surface area contributed by atoms with E-state index in [1.54, 1.807) is 12.1 Å². The largest absolute Gasteiger partial charge is 0.330 e. The zero-order chi connectivity index (χ0) is 13.7. The van der Waals surface area contributed by atoms with Crippen molar-refractivity contribution in [3.63, 3.8) is 0 Å². The Kier molecular flexibility index (Phi) is 4.69. The highest BCUT2D eigenvalue weighted by molar-refractivity contribution is 5.26. The van der Waals surface area contributed by atoms with E-state index in [0.29, 0.717) is 12.5 Å². The lowest BCUT2D eigenvalue weighted by atomic mass is 9.91. The monoisotopic (exact) mass is 257 g/mol. The lowest BCUT2D eigenvalue weighted by Gasteiger charge is -2.16. The van der Waals surface area contributed by atoms with E-state index >= 15 is 0 Å². The molecule has 0 heterocycles. The molecule has 19 heavy (non-hydrogen) atoms. The molecule has 2 heteroatoms. The average Bonchev–Trinajstić information content (AvgIpc) is 2.40. The summed E-state index contributed by atoms with van der Waals surface area (Å²) >= 11 is 0. The fraction of sp³-hybridized carbons (Fsp3) is 0.294. The van der Waals surface area contributed by atoms with Gasteiger partial charge in [0, 0.05) is 0 Å². The maximum absolute atomic E-state index is 13.2. The van der Waals surface area contributed by atoms with Gasteiger partial charge in [-0.1, -0.05) is 36.4 Å². The highest BCUT2D eigenvalue weighted by atomic mass is 19.1. The second-order valence-corrected chi connectivity index (χ2v) is 5.07. The molecule has 1 nitrogen and oxygen atoms in total.